The predicted molar refractivity (Wildman–Crippen MR) is 72.0 cm³/mol. The van der Waals surface area contributed by atoms with Gasteiger partial charge in [0.2, 0.25) is 5.91 Å². The molecule has 0 unspecified atom stereocenters. The Balaban J connectivity index is 1.93. The second kappa shape index (κ2) is 9.46. The van der Waals surface area contributed by atoms with Crippen LogP contribution in [0.25, 0.3) is 0 Å². The molecule has 3 nitrogen and oxygen atoms in total. The standard InChI is InChI=1S/C14H28N2O/c1-2-3-4-5-6-7-8-14(17)16-13-9-11-15-12-10-13/h13,15H,2-12H2,1H3,(H,16,17). The summed E-state index contributed by atoms with van der Waals surface area (Å²) in [5.41, 5.74) is 0. The lowest BCUT2D eigenvalue weighted by atomic mass is 10.1. The molecule has 2 N–H and O–H groups in total. The number of rotatable bonds is 8. The molecule has 3 heteroatoms. The molecule has 0 aromatic rings. The predicted octanol–water partition coefficient (Wildman–Crippen LogP) is 2.61. The molecule has 0 bridgehead atoms. The van der Waals surface area contributed by atoms with Gasteiger partial charge in [-0.15, -0.1) is 0 Å². The van der Waals surface area contributed by atoms with Gasteiger partial charge in [0.15, 0.2) is 0 Å². The maximum atomic E-state index is 11.7. The molecule has 0 radical (unpaired) electrons. The minimum atomic E-state index is 0.257. The molecule has 0 spiro atoms. The Labute approximate surface area is 106 Å². The van der Waals surface area contributed by atoms with Gasteiger partial charge in [-0.2, -0.15) is 0 Å². The van der Waals surface area contributed by atoms with Crippen LogP contribution in [-0.4, -0.2) is 25.0 Å². The third-order valence-electron chi connectivity index (χ3n) is 3.46. The Morgan fingerprint density at radius 2 is 1.76 bits per heavy atom. The van der Waals surface area contributed by atoms with Crippen LogP contribution in [0.1, 0.15) is 64.7 Å². The molecule has 1 amide bonds. The van der Waals surface area contributed by atoms with Crippen molar-refractivity contribution in [1.29, 1.82) is 0 Å². The molecule has 17 heavy (non-hydrogen) atoms. The smallest absolute Gasteiger partial charge is 0.220 e. The Kier molecular flexibility index (Phi) is 8.06. The average Bonchev–Trinajstić information content (AvgIpc) is 2.35. The van der Waals surface area contributed by atoms with Gasteiger partial charge in [-0.3, -0.25) is 4.79 Å². The van der Waals surface area contributed by atoms with Crippen LogP contribution in [0.3, 0.4) is 0 Å². The van der Waals surface area contributed by atoms with Gasteiger partial charge >= 0.3 is 0 Å². The SMILES string of the molecule is CCCCCCCCC(=O)NC1CCNCC1. The Morgan fingerprint density at radius 3 is 2.47 bits per heavy atom. The van der Waals surface area contributed by atoms with Crippen molar-refractivity contribution in [3.05, 3.63) is 0 Å². The Bertz CT molecular complexity index is 200. The number of hydrogen-bond acceptors (Lipinski definition) is 2. The molecular weight excluding hydrogens is 212 g/mol. The third-order valence-corrected chi connectivity index (χ3v) is 3.46. The van der Waals surface area contributed by atoms with Crippen LogP contribution in [-0.2, 0) is 4.79 Å². The van der Waals surface area contributed by atoms with Crippen molar-refractivity contribution in [3.63, 3.8) is 0 Å². The van der Waals surface area contributed by atoms with Crippen molar-refractivity contribution in [3.8, 4) is 0 Å². The number of nitrogens with one attached hydrogen (secondary N) is 2. The van der Waals surface area contributed by atoms with Gasteiger partial charge in [0.05, 0.1) is 0 Å². The lowest BCUT2D eigenvalue weighted by Gasteiger charge is -2.23. The van der Waals surface area contributed by atoms with Crippen molar-refractivity contribution in [2.24, 2.45) is 0 Å². The maximum Gasteiger partial charge on any atom is 0.220 e. The van der Waals surface area contributed by atoms with E-state index in [9.17, 15) is 4.79 Å². The number of amides is 1. The lowest BCUT2D eigenvalue weighted by molar-refractivity contribution is -0.122. The summed E-state index contributed by atoms with van der Waals surface area (Å²) >= 11 is 0. The highest BCUT2D eigenvalue weighted by Gasteiger charge is 2.14. The summed E-state index contributed by atoms with van der Waals surface area (Å²) in [4.78, 5) is 11.7. The molecular formula is C14H28N2O. The second-order valence-electron chi connectivity index (χ2n) is 5.11. The molecule has 1 saturated heterocycles. The first kappa shape index (κ1) is 14.5. The van der Waals surface area contributed by atoms with Crippen molar-refractivity contribution in [2.45, 2.75) is 70.8 Å². The van der Waals surface area contributed by atoms with Crippen LogP contribution >= 0.6 is 0 Å². The van der Waals surface area contributed by atoms with Gasteiger partial charge in [0.25, 0.3) is 0 Å². The van der Waals surface area contributed by atoms with Crippen molar-refractivity contribution < 1.29 is 4.79 Å². The Hall–Kier alpha value is -0.570. The van der Waals surface area contributed by atoms with E-state index >= 15 is 0 Å². The first-order valence-electron chi connectivity index (χ1n) is 7.33. The van der Waals surface area contributed by atoms with Gasteiger partial charge in [-0.1, -0.05) is 39.0 Å². The minimum absolute atomic E-state index is 0.257. The zero-order valence-corrected chi connectivity index (χ0v) is 11.3. The van der Waals surface area contributed by atoms with E-state index in [0.717, 1.165) is 38.8 Å². The fraction of sp³-hybridized carbons (Fsp3) is 0.929. The zero-order chi connectivity index (χ0) is 12.3. The van der Waals surface area contributed by atoms with Crippen LogP contribution < -0.4 is 10.6 Å². The van der Waals surface area contributed by atoms with Crippen LogP contribution in [0, 0.1) is 0 Å². The van der Waals surface area contributed by atoms with E-state index in [0.29, 0.717) is 6.04 Å². The summed E-state index contributed by atoms with van der Waals surface area (Å²) in [6, 6.07) is 0.420. The van der Waals surface area contributed by atoms with E-state index in [4.69, 9.17) is 0 Å². The number of unbranched alkanes of at least 4 members (excludes halogenated alkanes) is 5. The van der Waals surface area contributed by atoms with Crippen LogP contribution in [0.4, 0.5) is 0 Å². The number of hydrogen-bond donors (Lipinski definition) is 2. The normalized spacial score (nSPS) is 17.0. The second-order valence-corrected chi connectivity index (χ2v) is 5.11. The summed E-state index contributed by atoms with van der Waals surface area (Å²) in [5, 5.41) is 6.45. The fourth-order valence-corrected chi connectivity index (χ4v) is 2.33. The summed E-state index contributed by atoms with van der Waals surface area (Å²) in [5.74, 6) is 0.257. The molecule has 1 aliphatic rings. The highest BCUT2D eigenvalue weighted by molar-refractivity contribution is 5.76. The Morgan fingerprint density at radius 1 is 1.12 bits per heavy atom. The number of piperidine rings is 1. The van der Waals surface area contributed by atoms with E-state index in [2.05, 4.69) is 17.6 Å². The molecule has 0 aromatic heterocycles. The molecule has 1 rings (SSSR count). The first-order chi connectivity index (χ1) is 8.33. The molecule has 100 valence electrons. The maximum absolute atomic E-state index is 11.7. The highest BCUT2D eigenvalue weighted by atomic mass is 16.1. The molecule has 0 atom stereocenters. The lowest BCUT2D eigenvalue weighted by Crippen LogP contribution is -2.42. The topological polar surface area (TPSA) is 41.1 Å². The van der Waals surface area contributed by atoms with E-state index in [1.54, 1.807) is 0 Å². The molecule has 1 aliphatic heterocycles. The van der Waals surface area contributed by atoms with Crippen molar-refractivity contribution >= 4 is 5.91 Å². The summed E-state index contributed by atoms with van der Waals surface area (Å²) in [7, 11) is 0. The van der Waals surface area contributed by atoms with Gasteiger partial charge in [0, 0.05) is 12.5 Å². The average molecular weight is 240 g/mol. The van der Waals surface area contributed by atoms with Crippen LogP contribution in [0.5, 0.6) is 0 Å². The summed E-state index contributed by atoms with van der Waals surface area (Å²) in [6.07, 6.45) is 10.4. The molecule has 0 aliphatic carbocycles. The van der Waals surface area contributed by atoms with E-state index in [1.165, 1.54) is 32.1 Å². The number of carbonyl (C=O) groups excluding carboxylic acids is 1. The van der Waals surface area contributed by atoms with Gasteiger partial charge in [-0.25, -0.2) is 0 Å². The minimum Gasteiger partial charge on any atom is -0.353 e. The van der Waals surface area contributed by atoms with E-state index in [1.807, 2.05) is 0 Å². The fourth-order valence-electron chi connectivity index (χ4n) is 2.33. The molecule has 0 aromatic carbocycles. The van der Waals surface area contributed by atoms with Gasteiger partial charge < -0.3 is 10.6 Å². The van der Waals surface area contributed by atoms with Crippen LogP contribution in [0.15, 0.2) is 0 Å². The third kappa shape index (κ3) is 7.37. The zero-order valence-electron chi connectivity index (χ0n) is 11.3. The first-order valence-corrected chi connectivity index (χ1v) is 7.33. The highest BCUT2D eigenvalue weighted by Crippen LogP contribution is 2.08. The monoisotopic (exact) mass is 240 g/mol. The van der Waals surface area contributed by atoms with E-state index < -0.39 is 0 Å². The summed E-state index contributed by atoms with van der Waals surface area (Å²) < 4.78 is 0. The van der Waals surface area contributed by atoms with Crippen molar-refractivity contribution in [1.82, 2.24) is 10.6 Å². The van der Waals surface area contributed by atoms with Gasteiger partial charge in [-0.05, 0) is 32.4 Å². The molecule has 0 saturated carbocycles. The van der Waals surface area contributed by atoms with Crippen molar-refractivity contribution in [2.75, 3.05) is 13.1 Å². The quantitative estimate of drug-likeness (QED) is 0.640. The molecule has 1 fully saturated rings. The summed E-state index contributed by atoms with van der Waals surface area (Å²) in [6.45, 7) is 4.32. The largest absolute Gasteiger partial charge is 0.353 e. The molecule has 1 heterocycles. The number of carbonyl (C=O) groups is 1. The van der Waals surface area contributed by atoms with Gasteiger partial charge in [0.1, 0.15) is 0 Å². The van der Waals surface area contributed by atoms with Crippen LogP contribution in [0.2, 0.25) is 0 Å². The van der Waals surface area contributed by atoms with E-state index in [-0.39, 0.29) is 5.91 Å².